The molecule has 0 saturated heterocycles. The van der Waals surface area contributed by atoms with Crippen molar-refractivity contribution in [3.8, 4) is 11.5 Å². The summed E-state index contributed by atoms with van der Waals surface area (Å²) in [6.45, 7) is -0.230. The summed E-state index contributed by atoms with van der Waals surface area (Å²) in [7, 11) is 3.16. The van der Waals surface area contributed by atoms with E-state index in [1.54, 1.807) is 32.3 Å². The molecule has 1 rings (SSSR count). The van der Waals surface area contributed by atoms with E-state index < -0.39 is 11.3 Å². The lowest BCUT2D eigenvalue weighted by molar-refractivity contribution is -0.113. The zero-order valence-corrected chi connectivity index (χ0v) is 10.2. The molecule has 0 spiro atoms. The van der Waals surface area contributed by atoms with Crippen molar-refractivity contribution >= 4 is 22.9 Å². The Kier molecular flexibility index (Phi) is 4.78. The molecule has 6 heteroatoms. The highest BCUT2D eigenvalue weighted by Crippen LogP contribution is 2.19. The van der Waals surface area contributed by atoms with Crippen molar-refractivity contribution in [1.29, 1.82) is 0 Å². The van der Waals surface area contributed by atoms with Crippen LogP contribution in [0.3, 0.4) is 0 Å². The van der Waals surface area contributed by atoms with Gasteiger partial charge in [0.15, 0.2) is 6.61 Å². The largest absolute Gasteiger partial charge is 0.484 e. The minimum absolute atomic E-state index is 0.230. The van der Waals surface area contributed by atoms with E-state index in [0.717, 1.165) is 0 Å². The maximum absolute atomic E-state index is 11.3. The van der Waals surface area contributed by atoms with Crippen LogP contribution in [0.15, 0.2) is 24.3 Å². The summed E-state index contributed by atoms with van der Waals surface area (Å²) >= 11 is 5.14. The van der Waals surface area contributed by atoms with E-state index >= 15 is 0 Å². The van der Waals surface area contributed by atoms with E-state index in [-0.39, 0.29) is 6.61 Å². The fraction of sp³-hybridized carbons (Fsp3) is 0.273. The van der Waals surface area contributed by atoms with E-state index in [1.807, 2.05) is 0 Å². The number of nitrogens with zero attached hydrogens (tertiary/aromatic N) is 1. The quantitative estimate of drug-likeness (QED) is 0.773. The summed E-state index contributed by atoms with van der Waals surface area (Å²) in [6, 6.07) is 6.39. The van der Waals surface area contributed by atoms with Crippen LogP contribution in [0, 0.1) is 0 Å². The summed E-state index contributed by atoms with van der Waals surface area (Å²) in [5, 5.41) is -0.597. The molecule has 5 nitrogen and oxygen atoms in total. The van der Waals surface area contributed by atoms with Gasteiger partial charge >= 0.3 is 6.09 Å². The molecule has 0 atom stereocenters. The Morgan fingerprint density at radius 3 is 2.53 bits per heavy atom. The van der Waals surface area contributed by atoms with Gasteiger partial charge in [0.05, 0.1) is 0 Å². The van der Waals surface area contributed by atoms with E-state index in [9.17, 15) is 9.59 Å². The highest BCUT2D eigenvalue weighted by atomic mass is 35.5. The molecule has 0 N–H and O–H groups in total. The molecule has 0 aromatic heterocycles. The summed E-state index contributed by atoms with van der Waals surface area (Å²) in [5.74, 6) is 0.742. The second-order valence-corrected chi connectivity index (χ2v) is 3.80. The SMILES string of the molecule is CN(C)C(=O)Oc1cccc(OCC(=O)Cl)c1. The second-order valence-electron chi connectivity index (χ2n) is 3.38. The van der Waals surface area contributed by atoms with E-state index in [4.69, 9.17) is 21.1 Å². The molecule has 1 aromatic rings. The highest BCUT2D eigenvalue weighted by Gasteiger charge is 2.07. The van der Waals surface area contributed by atoms with Crippen LogP contribution in [0.25, 0.3) is 0 Å². The Morgan fingerprint density at radius 1 is 1.29 bits per heavy atom. The van der Waals surface area contributed by atoms with Crippen LogP contribution < -0.4 is 9.47 Å². The third-order valence-electron chi connectivity index (χ3n) is 1.73. The Balaban J connectivity index is 2.65. The van der Waals surface area contributed by atoms with Gasteiger partial charge in [-0.3, -0.25) is 4.79 Å². The Hall–Kier alpha value is -1.75. The fourth-order valence-corrected chi connectivity index (χ4v) is 1.01. The Labute approximate surface area is 104 Å². The van der Waals surface area contributed by atoms with Crippen LogP contribution in [0.2, 0.25) is 0 Å². The molecule has 1 amide bonds. The summed E-state index contributed by atoms with van der Waals surface area (Å²) in [6.07, 6.45) is -0.490. The molecule has 0 unspecified atom stereocenters. The van der Waals surface area contributed by atoms with Crippen molar-refractivity contribution in [3.05, 3.63) is 24.3 Å². The molecule has 0 radical (unpaired) electrons. The highest BCUT2D eigenvalue weighted by molar-refractivity contribution is 6.63. The average Bonchev–Trinajstić information content (AvgIpc) is 2.26. The molecule has 1 aromatic carbocycles. The maximum Gasteiger partial charge on any atom is 0.414 e. The predicted octanol–water partition coefficient (Wildman–Crippen LogP) is 1.89. The first-order valence-corrected chi connectivity index (χ1v) is 5.17. The van der Waals surface area contributed by atoms with Crippen molar-refractivity contribution in [2.45, 2.75) is 0 Å². The molecule has 0 fully saturated rings. The van der Waals surface area contributed by atoms with Gasteiger partial charge in [-0.05, 0) is 23.7 Å². The van der Waals surface area contributed by atoms with E-state index in [2.05, 4.69) is 0 Å². The lowest BCUT2D eigenvalue weighted by atomic mass is 10.3. The topological polar surface area (TPSA) is 55.8 Å². The molecule has 0 aliphatic heterocycles. The van der Waals surface area contributed by atoms with Gasteiger partial charge in [0.1, 0.15) is 11.5 Å². The molecule has 0 aliphatic carbocycles. The smallest absolute Gasteiger partial charge is 0.414 e. The minimum Gasteiger partial charge on any atom is -0.484 e. The van der Waals surface area contributed by atoms with Crippen LogP contribution in [0.4, 0.5) is 4.79 Å². The summed E-state index contributed by atoms with van der Waals surface area (Å²) < 4.78 is 10.1. The van der Waals surface area contributed by atoms with Crippen molar-refractivity contribution in [1.82, 2.24) is 4.90 Å². The fourth-order valence-electron chi connectivity index (χ4n) is 0.960. The lowest BCUT2D eigenvalue weighted by Gasteiger charge is -2.11. The van der Waals surface area contributed by atoms with Crippen LogP contribution in [-0.2, 0) is 4.79 Å². The third kappa shape index (κ3) is 4.74. The molecule has 0 heterocycles. The van der Waals surface area contributed by atoms with Gasteiger partial charge < -0.3 is 14.4 Å². The summed E-state index contributed by atoms with van der Waals surface area (Å²) in [4.78, 5) is 23.1. The van der Waals surface area contributed by atoms with Crippen LogP contribution in [-0.4, -0.2) is 36.9 Å². The lowest BCUT2D eigenvalue weighted by Crippen LogP contribution is -2.25. The van der Waals surface area contributed by atoms with Crippen LogP contribution >= 0.6 is 11.6 Å². The van der Waals surface area contributed by atoms with Gasteiger partial charge in [-0.2, -0.15) is 0 Å². The minimum atomic E-state index is -0.597. The number of benzene rings is 1. The number of hydrogen-bond acceptors (Lipinski definition) is 4. The monoisotopic (exact) mass is 257 g/mol. The van der Waals surface area contributed by atoms with Crippen molar-refractivity contribution in [2.75, 3.05) is 20.7 Å². The first-order chi connectivity index (χ1) is 7.99. The van der Waals surface area contributed by atoms with Crippen molar-refractivity contribution < 1.29 is 19.1 Å². The molecular weight excluding hydrogens is 246 g/mol. The Bertz CT molecular complexity index is 420. The Morgan fingerprint density at radius 2 is 1.94 bits per heavy atom. The first-order valence-electron chi connectivity index (χ1n) is 4.79. The standard InChI is InChI=1S/C11H12ClNO4/c1-13(2)11(15)17-9-5-3-4-8(6-9)16-7-10(12)14/h3-6H,7H2,1-2H3. The van der Waals surface area contributed by atoms with E-state index in [1.165, 1.54) is 11.0 Å². The van der Waals surface area contributed by atoms with Crippen molar-refractivity contribution in [2.24, 2.45) is 0 Å². The van der Waals surface area contributed by atoms with Crippen molar-refractivity contribution in [3.63, 3.8) is 0 Å². The maximum atomic E-state index is 11.3. The van der Waals surface area contributed by atoms with Gasteiger partial charge in [0.25, 0.3) is 5.24 Å². The number of carbonyl (C=O) groups excluding carboxylic acids is 2. The normalized spacial score (nSPS) is 9.59. The number of hydrogen-bond donors (Lipinski definition) is 0. The zero-order valence-electron chi connectivity index (χ0n) is 9.47. The molecule has 17 heavy (non-hydrogen) atoms. The second kappa shape index (κ2) is 6.10. The number of halogens is 1. The first kappa shape index (κ1) is 13.3. The van der Waals surface area contributed by atoms with Gasteiger partial charge in [-0.1, -0.05) is 6.07 Å². The molecule has 0 saturated carbocycles. The van der Waals surface area contributed by atoms with Gasteiger partial charge in [-0.15, -0.1) is 0 Å². The van der Waals surface area contributed by atoms with Gasteiger partial charge in [0, 0.05) is 20.2 Å². The van der Waals surface area contributed by atoms with Crippen LogP contribution in [0.1, 0.15) is 0 Å². The van der Waals surface area contributed by atoms with E-state index in [0.29, 0.717) is 11.5 Å². The van der Waals surface area contributed by atoms with Gasteiger partial charge in [-0.25, -0.2) is 4.79 Å². The summed E-state index contributed by atoms with van der Waals surface area (Å²) in [5.41, 5.74) is 0. The zero-order chi connectivity index (χ0) is 12.8. The number of ether oxygens (including phenoxy) is 2. The molecule has 92 valence electrons. The molecule has 0 aliphatic rings. The number of amides is 1. The predicted molar refractivity (Wildman–Crippen MR) is 62.5 cm³/mol. The van der Waals surface area contributed by atoms with Crippen LogP contribution in [0.5, 0.6) is 11.5 Å². The third-order valence-corrected chi connectivity index (χ3v) is 1.84. The molecule has 0 bridgehead atoms. The average molecular weight is 258 g/mol. The number of carbonyl (C=O) groups is 2. The van der Waals surface area contributed by atoms with Gasteiger partial charge in [0.2, 0.25) is 0 Å². The molecular formula is C11H12ClNO4. The number of rotatable bonds is 4.